The fraction of sp³-hybridized carbons (Fsp3) is 0.500. The van der Waals surface area contributed by atoms with E-state index < -0.39 is 0 Å². The largest absolute Gasteiger partial charge is 0.107 e. The molecule has 0 bridgehead atoms. The third-order valence-corrected chi connectivity index (χ3v) is 0.500. The molecule has 0 heterocycles. The Morgan fingerprint density at radius 2 is 0.667 bits per heavy atom. The minimum Gasteiger partial charge on any atom is -0.107 e. The summed E-state index contributed by atoms with van der Waals surface area (Å²) < 4.78 is 0. The van der Waals surface area contributed by atoms with Gasteiger partial charge in [0.05, 0.1) is 0 Å². The van der Waals surface area contributed by atoms with Crippen LogP contribution in [0.1, 0.15) is 27.7 Å². The van der Waals surface area contributed by atoms with Crippen LogP contribution < -0.4 is 0 Å². The van der Waals surface area contributed by atoms with Gasteiger partial charge in [0.1, 0.15) is 0 Å². The number of hydrogen-bond acceptors (Lipinski definition) is 0. The van der Waals surface area contributed by atoms with Gasteiger partial charge < -0.3 is 0 Å². The number of rotatable bonds is 0. The van der Waals surface area contributed by atoms with Gasteiger partial charge in [-0.2, -0.15) is 0 Å². The van der Waals surface area contributed by atoms with E-state index in [1.54, 1.807) is 0 Å². The molecule has 0 unspecified atom stereocenters. The zero-order valence-electron chi connectivity index (χ0n) is 6.32. The second-order valence-corrected chi connectivity index (χ2v) is 1.00. The Hall–Kier alpha value is -0.192. The first kappa shape index (κ1) is 15.9. The predicted octanol–water partition coefficient (Wildman–Crippen LogP) is 2.06. The molecule has 0 aromatic rings. The topological polar surface area (TPSA) is 0 Å². The summed E-state index contributed by atoms with van der Waals surface area (Å²) in [6.07, 6.45) is 0. The quantitative estimate of drug-likeness (QED) is 0.601. The van der Waals surface area contributed by atoms with Gasteiger partial charge in [-0.15, -0.1) is 23.7 Å². The third-order valence-electron chi connectivity index (χ3n) is 0.500. The summed E-state index contributed by atoms with van der Waals surface area (Å²) in [7, 11) is 0. The molecule has 0 radical (unpaired) electrons. The Morgan fingerprint density at radius 3 is 0.667 bits per heavy atom. The molecular formula is C8H12Pt. The smallest absolute Gasteiger partial charge is 0 e. The Kier molecular flexibility index (Phi) is 44.1. The second-order valence-electron chi connectivity index (χ2n) is 1.00. The molecule has 0 saturated carbocycles. The molecule has 1 heteroatoms. The molecule has 0 N–H and O–H groups in total. The van der Waals surface area contributed by atoms with Crippen LogP contribution in [0.15, 0.2) is 0 Å². The molecule has 0 rings (SSSR count). The van der Waals surface area contributed by atoms with Crippen molar-refractivity contribution >= 4 is 0 Å². The summed E-state index contributed by atoms with van der Waals surface area (Å²) in [6.45, 7) is 7.28. The van der Waals surface area contributed by atoms with Crippen LogP contribution in [-0.2, 0) is 21.1 Å². The molecule has 0 saturated heterocycles. The van der Waals surface area contributed by atoms with E-state index in [-0.39, 0.29) is 21.1 Å². The van der Waals surface area contributed by atoms with E-state index in [0.29, 0.717) is 0 Å². The van der Waals surface area contributed by atoms with Gasteiger partial charge in [-0.3, -0.25) is 0 Å². The van der Waals surface area contributed by atoms with E-state index in [1.807, 2.05) is 27.7 Å². The van der Waals surface area contributed by atoms with E-state index >= 15 is 0 Å². The molecule has 9 heavy (non-hydrogen) atoms. The van der Waals surface area contributed by atoms with Crippen molar-refractivity contribution in [1.29, 1.82) is 0 Å². The summed E-state index contributed by atoms with van der Waals surface area (Å²) in [6, 6.07) is 0. The van der Waals surface area contributed by atoms with Crippen LogP contribution in [0.2, 0.25) is 0 Å². The van der Waals surface area contributed by atoms with Crippen molar-refractivity contribution in [3.05, 3.63) is 0 Å². The van der Waals surface area contributed by atoms with Gasteiger partial charge in [0, 0.05) is 21.1 Å². The van der Waals surface area contributed by atoms with Crippen LogP contribution in [-0.4, -0.2) is 0 Å². The molecule has 0 aliphatic carbocycles. The van der Waals surface area contributed by atoms with Crippen LogP contribution in [0.25, 0.3) is 0 Å². The number of hydrogen-bond donors (Lipinski definition) is 0. The molecule has 54 valence electrons. The van der Waals surface area contributed by atoms with E-state index in [1.165, 1.54) is 0 Å². The van der Waals surface area contributed by atoms with Crippen molar-refractivity contribution in [1.82, 2.24) is 0 Å². The van der Waals surface area contributed by atoms with Crippen molar-refractivity contribution in [2.45, 2.75) is 27.7 Å². The van der Waals surface area contributed by atoms with Crippen LogP contribution in [0, 0.1) is 23.7 Å². The van der Waals surface area contributed by atoms with Crippen LogP contribution in [0.4, 0.5) is 0 Å². The van der Waals surface area contributed by atoms with Gasteiger partial charge in [0.2, 0.25) is 0 Å². The van der Waals surface area contributed by atoms with Crippen molar-refractivity contribution in [3.63, 3.8) is 0 Å². The van der Waals surface area contributed by atoms with Crippen molar-refractivity contribution in [2.24, 2.45) is 0 Å². The van der Waals surface area contributed by atoms with Gasteiger partial charge in [0.25, 0.3) is 0 Å². The normalized spacial score (nSPS) is 3.11. The molecule has 0 fully saturated rings. The molecule has 0 spiro atoms. The summed E-state index contributed by atoms with van der Waals surface area (Å²) in [4.78, 5) is 0. The van der Waals surface area contributed by atoms with Gasteiger partial charge in [-0.1, -0.05) is 0 Å². The SMILES string of the molecule is CC#CC.CC#CC.[Pt]. The van der Waals surface area contributed by atoms with E-state index in [9.17, 15) is 0 Å². The second kappa shape index (κ2) is 25.0. The average Bonchev–Trinajstić information content (AvgIpc) is 1.88. The zero-order chi connectivity index (χ0) is 6.83. The molecule has 0 nitrogen and oxygen atoms in total. The van der Waals surface area contributed by atoms with Crippen molar-refractivity contribution in [2.75, 3.05) is 0 Å². The van der Waals surface area contributed by atoms with Gasteiger partial charge in [-0.25, -0.2) is 0 Å². The summed E-state index contributed by atoms with van der Waals surface area (Å²) in [5.41, 5.74) is 0. The minimum absolute atomic E-state index is 0. The van der Waals surface area contributed by atoms with Crippen LogP contribution >= 0.6 is 0 Å². The summed E-state index contributed by atoms with van der Waals surface area (Å²) in [5.74, 6) is 10.7. The molecule has 0 aliphatic heterocycles. The molecule has 0 aromatic heterocycles. The van der Waals surface area contributed by atoms with Gasteiger partial charge >= 0.3 is 0 Å². The minimum atomic E-state index is 0. The summed E-state index contributed by atoms with van der Waals surface area (Å²) in [5, 5.41) is 0. The molecule has 0 aromatic carbocycles. The zero-order valence-corrected chi connectivity index (χ0v) is 8.59. The first-order valence-electron chi connectivity index (χ1n) is 2.50. The molecule has 0 amide bonds. The first-order chi connectivity index (χ1) is 3.83. The maximum Gasteiger partial charge on any atom is 0 e. The molecular weight excluding hydrogens is 291 g/mol. The van der Waals surface area contributed by atoms with Crippen molar-refractivity contribution in [3.8, 4) is 23.7 Å². The maximum atomic E-state index is 2.68. The Labute approximate surface area is 72.7 Å². The summed E-state index contributed by atoms with van der Waals surface area (Å²) >= 11 is 0. The Morgan fingerprint density at radius 1 is 0.556 bits per heavy atom. The van der Waals surface area contributed by atoms with Gasteiger partial charge in [-0.05, 0) is 27.7 Å². The van der Waals surface area contributed by atoms with Crippen molar-refractivity contribution < 1.29 is 21.1 Å². The first-order valence-corrected chi connectivity index (χ1v) is 2.50. The predicted molar refractivity (Wildman–Crippen MR) is 38.2 cm³/mol. The Bertz CT molecular complexity index is 96.1. The van der Waals surface area contributed by atoms with Gasteiger partial charge in [0.15, 0.2) is 0 Å². The molecule has 0 atom stereocenters. The molecule has 0 aliphatic rings. The third kappa shape index (κ3) is 80.6. The fourth-order valence-electron chi connectivity index (χ4n) is 0. The van der Waals surface area contributed by atoms with Crippen LogP contribution in [0.3, 0.4) is 0 Å². The maximum absolute atomic E-state index is 2.68. The van der Waals surface area contributed by atoms with Crippen LogP contribution in [0.5, 0.6) is 0 Å². The monoisotopic (exact) mass is 303 g/mol. The standard InChI is InChI=1S/2C4H6.Pt/c2*1-3-4-2;/h2*1-2H3;. The van der Waals surface area contributed by atoms with E-state index in [0.717, 1.165) is 0 Å². The van der Waals surface area contributed by atoms with E-state index in [2.05, 4.69) is 23.7 Å². The van der Waals surface area contributed by atoms with E-state index in [4.69, 9.17) is 0 Å². The Balaban J connectivity index is -0.0000000720. The average molecular weight is 303 g/mol. The fourth-order valence-corrected chi connectivity index (χ4v) is 0.